The van der Waals surface area contributed by atoms with E-state index in [9.17, 15) is 5.11 Å². The Labute approximate surface area is 130 Å². The van der Waals surface area contributed by atoms with Crippen molar-refractivity contribution in [2.45, 2.75) is 37.5 Å². The predicted octanol–water partition coefficient (Wildman–Crippen LogP) is 4.50. The Bertz CT molecular complexity index is 662. The van der Waals surface area contributed by atoms with Gasteiger partial charge in [-0.15, -0.1) is 5.26 Å². The Balaban J connectivity index is 2.02. The summed E-state index contributed by atoms with van der Waals surface area (Å²) in [5.41, 5.74) is 2.50. The van der Waals surface area contributed by atoms with E-state index in [0.29, 0.717) is 11.5 Å². The zero-order valence-electron chi connectivity index (χ0n) is 12.5. The third-order valence-corrected chi connectivity index (χ3v) is 4.70. The number of hydrogen-bond donors (Lipinski definition) is 1. The van der Waals surface area contributed by atoms with Crippen LogP contribution in [0.1, 0.15) is 43.2 Å². The van der Waals surface area contributed by atoms with Gasteiger partial charge in [0.05, 0.1) is 0 Å². The summed E-state index contributed by atoms with van der Waals surface area (Å²) in [5.74, 6) is 0.871. The standard InChI is InChI=1S/C19H19NO2/c20-14-22-18-10-6-16(7-11-18)19(12-2-1-3-13-19)15-4-8-17(21)9-5-15/h4-11,21H,1-3,12-13H2. The van der Waals surface area contributed by atoms with Gasteiger partial charge in [0.25, 0.3) is 6.26 Å². The molecule has 3 nitrogen and oxygen atoms in total. The van der Waals surface area contributed by atoms with Gasteiger partial charge >= 0.3 is 0 Å². The van der Waals surface area contributed by atoms with E-state index in [4.69, 9.17) is 10.00 Å². The van der Waals surface area contributed by atoms with Crippen LogP contribution in [0.3, 0.4) is 0 Å². The third-order valence-electron chi connectivity index (χ3n) is 4.70. The van der Waals surface area contributed by atoms with Gasteiger partial charge in [-0.3, -0.25) is 0 Å². The van der Waals surface area contributed by atoms with Gasteiger partial charge in [0.15, 0.2) is 0 Å². The molecule has 0 atom stereocenters. The van der Waals surface area contributed by atoms with Gasteiger partial charge in [0.1, 0.15) is 11.5 Å². The lowest BCUT2D eigenvalue weighted by molar-refractivity contribution is 0.345. The monoisotopic (exact) mass is 293 g/mol. The fourth-order valence-electron chi connectivity index (χ4n) is 3.57. The Morgan fingerprint density at radius 1 is 0.864 bits per heavy atom. The van der Waals surface area contributed by atoms with Crippen LogP contribution in [0.25, 0.3) is 0 Å². The number of nitrogens with zero attached hydrogens (tertiary/aromatic N) is 1. The van der Waals surface area contributed by atoms with Crippen LogP contribution in [0.4, 0.5) is 0 Å². The minimum absolute atomic E-state index is 0.00285. The first-order chi connectivity index (χ1) is 10.7. The SMILES string of the molecule is N#COc1ccc(C2(c3ccc(O)cc3)CCCCC2)cc1. The summed E-state index contributed by atoms with van der Waals surface area (Å²) in [4.78, 5) is 0. The highest BCUT2D eigenvalue weighted by Crippen LogP contribution is 2.45. The summed E-state index contributed by atoms with van der Waals surface area (Å²) in [6, 6.07) is 15.4. The second kappa shape index (κ2) is 6.11. The smallest absolute Gasteiger partial charge is 0.292 e. The fourth-order valence-corrected chi connectivity index (χ4v) is 3.57. The maximum atomic E-state index is 9.56. The summed E-state index contributed by atoms with van der Waals surface area (Å²) in [6.45, 7) is 0. The Hall–Kier alpha value is -2.47. The zero-order chi connectivity index (χ0) is 15.4. The Morgan fingerprint density at radius 3 is 1.95 bits per heavy atom. The molecule has 0 amide bonds. The van der Waals surface area contributed by atoms with Crippen molar-refractivity contribution in [1.29, 1.82) is 5.26 Å². The van der Waals surface area contributed by atoms with Crippen molar-refractivity contribution in [1.82, 2.24) is 0 Å². The lowest BCUT2D eigenvalue weighted by Gasteiger charge is -2.38. The average molecular weight is 293 g/mol. The van der Waals surface area contributed by atoms with Gasteiger partial charge < -0.3 is 9.84 Å². The molecule has 0 bridgehead atoms. The van der Waals surface area contributed by atoms with E-state index in [1.165, 1.54) is 30.4 Å². The molecule has 3 rings (SSSR count). The van der Waals surface area contributed by atoms with Crippen LogP contribution in [0.5, 0.6) is 11.5 Å². The largest absolute Gasteiger partial charge is 0.508 e. The molecule has 3 heteroatoms. The van der Waals surface area contributed by atoms with Gasteiger partial charge in [-0.05, 0) is 48.2 Å². The van der Waals surface area contributed by atoms with Crippen molar-refractivity contribution in [3.8, 4) is 17.8 Å². The average Bonchev–Trinajstić information content (AvgIpc) is 2.57. The van der Waals surface area contributed by atoms with Crippen LogP contribution < -0.4 is 4.74 Å². The number of nitriles is 1. The second-order valence-electron chi connectivity index (χ2n) is 5.91. The van der Waals surface area contributed by atoms with Crippen molar-refractivity contribution in [3.63, 3.8) is 0 Å². The van der Waals surface area contributed by atoms with Crippen LogP contribution in [0.15, 0.2) is 48.5 Å². The molecular formula is C19H19NO2. The van der Waals surface area contributed by atoms with E-state index in [0.717, 1.165) is 12.8 Å². The maximum Gasteiger partial charge on any atom is 0.292 e. The Kier molecular flexibility index (Phi) is 4.02. The molecule has 2 aromatic carbocycles. The second-order valence-corrected chi connectivity index (χ2v) is 5.91. The molecule has 0 aromatic heterocycles. The van der Waals surface area contributed by atoms with Gasteiger partial charge in [-0.1, -0.05) is 43.5 Å². The van der Waals surface area contributed by atoms with Crippen LogP contribution in [-0.2, 0) is 5.41 Å². The number of rotatable bonds is 3. The van der Waals surface area contributed by atoms with Crippen LogP contribution in [0.2, 0.25) is 0 Å². The number of aromatic hydroxyl groups is 1. The van der Waals surface area contributed by atoms with E-state index in [1.807, 2.05) is 24.3 Å². The molecule has 112 valence electrons. The van der Waals surface area contributed by atoms with Crippen molar-refractivity contribution < 1.29 is 9.84 Å². The first kappa shape index (κ1) is 14.5. The highest BCUT2D eigenvalue weighted by atomic mass is 16.5. The van der Waals surface area contributed by atoms with Crippen LogP contribution in [0, 0.1) is 11.5 Å². The molecule has 1 saturated carbocycles. The number of ether oxygens (including phenoxy) is 1. The van der Waals surface area contributed by atoms with E-state index in [-0.39, 0.29) is 5.41 Å². The molecule has 1 aliphatic rings. The molecule has 0 radical (unpaired) electrons. The van der Waals surface area contributed by atoms with Gasteiger partial charge in [-0.2, -0.15) is 0 Å². The number of benzene rings is 2. The summed E-state index contributed by atoms with van der Waals surface area (Å²) in [7, 11) is 0. The van der Waals surface area contributed by atoms with E-state index in [2.05, 4.69) is 12.1 Å². The van der Waals surface area contributed by atoms with Crippen LogP contribution in [-0.4, -0.2) is 5.11 Å². The van der Waals surface area contributed by atoms with Gasteiger partial charge in [0.2, 0.25) is 0 Å². The molecule has 1 fully saturated rings. The van der Waals surface area contributed by atoms with Crippen molar-refractivity contribution in [2.24, 2.45) is 0 Å². The van der Waals surface area contributed by atoms with Gasteiger partial charge in [-0.25, -0.2) is 0 Å². The highest BCUT2D eigenvalue weighted by molar-refractivity contribution is 5.43. The highest BCUT2D eigenvalue weighted by Gasteiger charge is 2.35. The first-order valence-corrected chi connectivity index (χ1v) is 7.71. The molecule has 0 aliphatic heterocycles. The molecule has 0 saturated heterocycles. The lowest BCUT2D eigenvalue weighted by atomic mass is 9.65. The summed E-state index contributed by atoms with van der Waals surface area (Å²) in [6.07, 6.45) is 7.60. The van der Waals surface area contributed by atoms with E-state index >= 15 is 0 Å². The maximum absolute atomic E-state index is 9.56. The lowest BCUT2D eigenvalue weighted by Crippen LogP contribution is -2.30. The molecule has 22 heavy (non-hydrogen) atoms. The molecule has 2 aromatic rings. The van der Waals surface area contributed by atoms with Crippen LogP contribution >= 0.6 is 0 Å². The van der Waals surface area contributed by atoms with Crippen molar-refractivity contribution in [3.05, 3.63) is 59.7 Å². The minimum atomic E-state index is -0.00285. The quantitative estimate of drug-likeness (QED) is 0.847. The third kappa shape index (κ3) is 2.65. The zero-order valence-corrected chi connectivity index (χ0v) is 12.5. The first-order valence-electron chi connectivity index (χ1n) is 7.71. The molecule has 0 spiro atoms. The predicted molar refractivity (Wildman–Crippen MR) is 84.7 cm³/mol. The van der Waals surface area contributed by atoms with Crippen molar-refractivity contribution >= 4 is 0 Å². The summed E-state index contributed by atoms with van der Waals surface area (Å²) >= 11 is 0. The van der Waals surface area contributed by atoms with E-state index in [1.54, 1.807) is 18.4 Å². The fraction of sp³-hybridized carbons (Fsp3) is 0.316. The number of hydrogen-bond acceptors (Lipinski definition) is 3. The van der Waals surface area contributed by atoms with Gasteiger partial charge in [0, 0.05) is 5.41 Å². The summed E-state index contributed by atoms with van der Waals surface area (Å²) in [5, 5.41) is 18.2. The normalized spacial score (nSPS) is 16.7. The van der Waals surface area contributed by atoms with Crippen molar-refractivity contribution in [2.75, 3.05) is 0 Å². The van der Waals surface area contributed by atoms with E-state index < -0.39 is 0 Å². The molecular weight excluding hydrogens is 274 g/mol. The Morgan fingerprint density at radius 2 is 1.41 bits per heavy atom. The summed E-state index contributed by atoms with van der Waals surface area (Å²) < 4.78 is 4.88. The molecule has 1 aliphatic carbocycles. The minimum Gasteiger partial charge on any atom is -0.508 e. The topological polar surface area (TPSA) is 53.2 Å². The molecule has 0 heterocycles. The number of phenols is 1. The molecule has 0 unspecified atom stereocenters. The molecule has 1 N–H and O–H groups in total. The number of phenolic OH excluding ortho intramolecular Hbond substituents is 1.